The molecule has 1 saturated heterocycles. The molecule has 1 amide bonds. The number of rotatable bonds is 4. The van der Waals surface area contributed by atoms with Crippen LogP contribution >= 0.6 is 24.0 Å². The second kappa shape index (κ2) is 7.25. The third-order valence-corrected chi connectivity index (χ3v) is 4.74. The molecule has 25 heavy (non-hydrogen) atoms. The van der Waals surface area contributed by atoms with Gasteiger partial charge in [-0.05, 0) is 48.9 Å². The molecular weight excluding hydrogens is 361 g/mol. The second-order valence-corrected chi connectivity index (χ2v) is 6.83. The van der Waals surface area contributed by atoms with Crippen LogP contribution in [0.15, 0.2) is 47.4 Å². The summed E-state index contributed by atoms with van der Waals surface area (Å²) >= 11 is 6.38. The van der Waals surface area contributed by atoms with E-state index < -0.39 is 5.82 Å². The average molecular weight is 375 g/mol. The fraction of sp³-hybridized carbons (Fsp3) is 0.111. The van der Waals surface area contributed by atoms with Crippen molar-refractivity contribution in [1.82, 2.24) is 0 Å². The number of amides is 1. The van der Waals surface area contributed by atoms with Gasteiger partial charge in [0.25, 0.3) is 5.91 Å². The maximum absolute atomic E-state index is 13.4. The van der Waals surface area contributed by atoms with Gasteiger partial charge >= 0.3 is 0 Å². The fourth-order valence-electron chi connectivity index (χ4n) is 2.36. The van der Waals surface area contributed by atoms with Crippen LogP contribution in [0.1, 0.15) is 12.5 Å². The van der Waals surface area contributed by atoms with Crippen LogP contribution in [0.5, 0.6) is 11.5 Å². The van der Waals surface area contributed by atoms with Crippen LogP contribution in [0.2, 0.25) is 0 Å². The summed E-state index contributed by atoms with van der Waals surface area (Å²) in [5, 5.41) is 9.95. The lowest BCUT2D eigenvalue weighted by atomic mass is 10.2. The maximum atomic E-state index is 13.4. The number of halogens is 1. The van der Waals surface area contributed by atoms with Crippen LogP contribution in [0.25, 0.3) is 6.08 Å². The highest BCUT2D eigenvalue weighted by atomic mass is 32.2. The number of hydrogen-bond donors (Lipinski definition) is 1. The third-order valence-electron chi connectivity index (χ3n) is 3.44. The zero-order valence-electron chi connectivity index (χ0n) is 13.2. The van der Waals surface area contributed by atoms with E-state index in [1.807, 2.05) is 6.92 Å². The number of carbonyl (C=O) groups is 1. The molecule has 2 aromatic rings. The summed E-state index contributed by atoms with van der Waals surface area (Å²) < 4.78 is 19.0. The van der Waals surface area contributed by atoms with Crippen LogP contribution in [0.4, 0.5) is 10.1 Å². The van der Waals surface area contributed by atoms with Crippen molar-refractivity contribution in [2.45, 2.75) is 6.92 Å². The second-order valence-electron chi connectivity index (χ2n) is 5.16. The van der Waals surface area contributed by atoms with E-state index in [0.29, 0.717) is 32.8 Å². The minimum Gasteiger partial charge on any atom is -0.504 e. The van der Waals surface area contributed by atoms with Crippen molar-refractivity contribution in [3.05, 3.63) is 58.8 Å². The van der Waals surface area contributed by atoms with Gasteiger partial charge in [-0.2, -0.15) is 0 Å². The largest absolute Gasteiger partial charge is 0.504 e. The van der Waals surface area contributed by atoms with E-state index in [0.717, 1.165) is 11.8 Å². The molecule has 7 heteroatoms. The van der Waals surface area contributed by atoms with Crippen molar-refractivity contribution in [3.8, 4) is 11.5 Å². The molecule has 1 N–H and O–H groups in total. The molecular formula is C18H14FNO3S2. The van der Waals surface area contributed by atoms with Gasteiger partial charge in [-0.15, -0.1) is 0 Å². The number of ether oxygens (including phenoxy) is 1. The SMILES string of the molecule is CCOc1ccc(/C=C2/SC(=S)N(c3cccc(F)c3)C2=O)cc1O. The summed E-state index contributed by atoms with van der Waals surface area (Å²) in [6.45, 7) is 2.27. The Bertz CT molecular complexity index is 882. The Morgan fingerprint density at radius 1 is 1.32 bits per heavy atom. The lowest BCUT2D eigenvalue weighted by molar-refractivity contribution is -0.113. The molecule has 4 nitrogen and oxygen atoms in total. The van der Waals surface area contributed by atoms with Crippen molar-refractivity contribution >= 4 is 46.0 Å². The highest BCUT2D eigenvalue weighted by Crippen LogP contribution is 2.37. The van der Waals surface area contributed by atoms with Crippen molar-refractivity contribution in [2.24, 2.45) is 0 Å². The standard InChI is InChI=1S/C18H14FNO3S2/c1-2-23-15-7-6-11(8-14(15)21)9-16-17(22)20(18(24)25-16)13-5-3-4-12(19)10-13/h3-10,21H,2H2,1H3/b16-9+. The topological polar surface area (TPSA) is 49.8 Å². The maximum Gasteiger partial charge on any atom is 0.270 e. The Hall–Kier alpha value is -2.38. The predicted molar refractivity (Wildman–Crippen MR) is 101 cm³/mol. The molecule has 1 aliphatic rings. The molecule has 1 aliphatic heterocycles. The van der Waals surface area contributed by atoms with Gasteiger partial charge < -0.3 is 9.84 Å². The molecule has 0 radical (unpaired) electrons. The summed E-state index contributed by atoms with van der Waals surface area (Å²) in [6.07, 6.45) is 1.63. The average Bonchev–Trinajstić information content (AvgIpc) is 2.84. The molecule has 0 atom stereocenters. The zero-order chi connectivity index (χ0) is 18.0. The van der Waals surface area contributed by atoms with Crippen LogP contribution in [0, 0.1) is 5.82 Å². The summed E-state index contributed by atoms with van der Waals surface area (Å²) in [7, 11) is 0. The molecule has 1 heterocycles. The molecule has 0 spiro atoms. The van der Waals surface area contributed by atoms with Crippen molar-refractivity contribution in [1.29, 1.82) is 0 Å². The predicted octanol–water partition coefficient (Wildman–Crippen LogP) is 4.34. The number of carbonyl (C=O) groups excluding carboxylic acids is 1. The number of thiocarbonyl (C=S) groups is 1. The number of anilines is 1. The molecule has 0 bridgehead atoms. The number of phenols is 1. The number of nitrogens with zero attached hydrogens (tertiary/aromatic N) is 1. The van der Waals surface area contributed by atoms with E-state index in [4.69, 9.17) is 17.0 Å². The first-order valence-corrected chi connectivity index (χ1v) is 8.71. The van der Waals surface area contributed by atoms with Crippen molar-refractivity contribution in [3.63, 3.8) is 0 Å². The van der Waals surface area contributed by atoms with Gasteiger partial charge in [0.2, 0.25) is 0 Å². The summed E-state index contributed by atoms with van der Waals surface area (Å²) in [4.78, 5) is 14.3. The highest BCUT2D eigenvalue weighted by Gasteiger charge is 2.33. The monoisotopic (exact) mass is 375 g/mol. The lowest BCUT2D eigenvalue weighted by Crippen LogP contribution is -2.27. The Labute approximate surface area is 153 Å². The summed E-state index contributed by atoms with van der Waals surface area (Å²) in [5.41, 5.74) is 1.03. The van der Waals surface area contributed by atoms with Crippen LogP contribution in [-0.4, -0.2) is 21.9 Å². The molecule has 0 saturated carbocycles. The highest BCUT2D eigenvalue weighted by molar-refractivity contribution is 8.27. The minimum absolute atomic E-state index is 0.00351. The van der Waals surface area contributed by atoms with Crippen molar-refractivity contribution < 1.29 is 19.0 Å². The Kier molecular flexibility index (Phi) is 5.06. The Balaban J connectivity index is 1.89. The molecule has 128 valence electrons. The molecule has 3 rings (SSSR count). The first-order valence-electron chi connectivity index (χ1n) is 7.49. The van der Waals surface area contributed by atoms with Gasteiger partial charge in [0.15, 0.2) is 15.8 Å². The van der Waals surface area contributed by atoms with Gasteiger partial charge in [-0.25, -0.2) is 4.39 Å². The van der Waals surface area contributed by atoms with Gasteiger partial charge in [0.05, 0.1) is 17.2 Å². The molecule has 1 fully saturated rings. The normalized spacial score (nSPS) is 15.9. The fourth-order valence-corrected chi connectivity index (χ4v) is 3.66. The zero-order valence-corrected chi connectivity index (χ0v) is 14.9. The molecule has 0 aliphatic carbocycles. The van der Waals surface area contributed by atoms with Gasteiger partial charge in [-0.1, -0.05) is 36.1 Å². The van der Waals surface area contributed by atoms with Crippen LogP contribution in [-0.2, 0) is 4.79 Å². The first-order chi connectivity index (χ1) is 12.0. The first kappa shape index (κ1) is 17.4. The summed E-state index contributed by atoms with van der Waals surface area (Å²) in [5.74, 6) is -0.385. The Morgan fingerprint density at radius 2 is 2.12 bits per heavy atom. The molecule has 0 aromatic heterocycles. The van der Waals surface area contributed by atoms with Crippen LogP contribution < -0.4 is 9.64 Å². The van der Waals surface area contributed by atoms with Gasteiger partial charge in [0.1, 0.15) is 5.82 Å². The van der Waals surface area contributed by atoms with E-state index in [-0.39, 0.29) is 11.7 Å². The van der Waals surface area contributed by atoms with E-state index in [1.165, 1.54) is 29.2 Å². The third kappa shape index (κ3) is 3.67. The molecule has 2 aromatic carbocycles. The van der Waals surface area contributed by atoms with E-state index in [2.05, 4.69) is 0 Å². The number of phenolic OH excluding ortho intramolecular Hbond substituents is 1. The van der Waals surface area contributed by atoms with E-state index in [9.17, 15) is 14.3 Å². The number of benzene rings is 2. The van der Waals surface area contributed by atoms with Crippen molar-refractivity contribution in [2.75, 3.05) is 11.5 Å². The van der Waals surface area contributed by atoms with Crippen LogP contribution in [0.3, 0.4) is 0 Å². The van der Waals surface area contributed by atoms with E-state index in [1.54, 1.807) is 24.3 Å². The minimum atomic E-state index is -0.438. The smallest absolute Gasteiger partial charge is 0.270 e. The molecule has 0 unspecified atom stereocenters. The number of thioether (sulfide) groups is 1. The Morgan fingerprint density at radius 3 is 2.80 bits per heavy atom. The lowest BCUT2D eigenvalue weighted by Gasteiger charge is -2.14. The number of hydrogen-bond acceptors (Lipinski definition) is 5. The van der Waals surface area contributed by atoms with Gasteiger partial charge in [-0.3, -0.25) is 9.69 Å². The summed E-state index contributed by atoms with van der Waals surface area (Å²) in [6, 6.07) is 10.6. The quantitative estimate of drug-likeness (QED) is 0.636. The van der Waals surface area contributed by atoms with E-state index >= 15 is 0 Å². The van der Waals surface area contributed by atoms with Gasteiger partial charge in [0, 0.05) is 0 Å². The number of aromatic hydroxyl groups is 1.